The number of benzene rings is 2. The lowest BCUT2D eigenvalue weighted by Gasteiger charge is -2.40. The van der Waals surface area contributed by atoms with E-state index in [0.29, 0.717) is 5.39 Å². The Bertz CT molecular complexity index is 927. The molecule has 1 heterocycles. The molecule has 2 aromatic carbocycles. The number of carbonyl (C=O) groups excluding carboxylic acids is 1. The monoisotopic (exact) mass is 408 g/mol. The van der Waals surface area contributed by atoms with Gasteiger partial charge in [-0.2, -0.15) is 0 Å². The molecule has 0 saturated carbocycles. The normalized spacial score (nSPS) is 26.8. The Morgan fingerprint density at radius 1 is 1.07 bits per heavy atom. The van der Waals surface area contributed by atoms with E-state index in [1.54, 1.807) is 18.2 Å². The maximum absolute atomic E-state index is 11.5. The Kier molecular flexibility index (Phi) is 5.89. The number of carboxylic acids is 1. The minimum absolute atomic E-state index is 0.0327. The van der Waals surface area contributed by atoms with Gasteiger partial charge in [0, 0.05) is 17.7 Å². The van der Waals surface area contributed by atoms with Crippen LogP contribution in [0.5, 0.6) is 11.5 Å². The summed E-state index contributed by atoms with van der Waals surface area (Å²) in [6.45, 7) is 0.765. The molecule has 29 heavy (non-hydrogen) atoms. The summed E-state index contributed by atoms with van der Waals surface area (Å²) in [4.78, 5) is 22.5. The first-order valence-corrected chi connectivity index (χ1v) is 8.68. The molecule has 1 fully saturated rings. The smallest absolute Gasteiger partial charge is 0.339 e. The average Bonchev–Trinajstić information content (AvgIpc) is 2.69. The van der Waals surface area contributed by atoms with E-state index in [0.717, 1.165) is 13.0 Å². The van der Waals surface area contributed by atoms with Crippen LogP contribution in [0.25, 0.3) is 10.8 Å². The summed E-state index contributed by atoms with van der Waals surface area (Å²) < 4.78 is 15.9. The molecule has 1 aliphatic heterocycles. The summed E-state index contributed by atoms with van der Waals surface area (Å²) in [5.41, 5.74) is -0.430. The molecular weight excluding hydrogens is 388 g/mol. The zero-order chi connectivity index (χ0) is 21.3. The van der Waals surface area contributed by atoms with E-state index in [1.165, 1.54) is 6.07 Å². The lowest BCUT2D eigenvalue weighted by Crippen LogP contribution is -2.60. The number of ether oxygens (including phenoxy) is 3. The number of phenols is 1. The Morgan fingerprint density at radius 2 is 1.72 bits per heavy atom. The molecule has 156 valence electrons. The van der Waals surface area contributed by atoms with Crippen molar-refractivity contribution in [2.45, 2.75) is 37.6 Å². The number of rotatable bonds is 5. The Labute approximate surface area is 164 Å². The third-order valence-corrected chi connectivity index (χ3v) is 4.57. The van der Waals surface area contributed by atoms with Crippen LogP contribution in [0.4, 0.5) is 0 Å². The molecule has 10 heteroatoms. The first kappa shape index (κ1) is 20.8. The van der Waals surface area contributed by atoms with E-state index in [9.17, 15) is 35.1 Å². The zero-order valence-corrected chi connectivity index (χ0v) is 15.3. The number of hydrogen-bond donors (Lipinski definition) is 5. The van der Waals surface area contributed by atoms with Crippen molar-refractivity contribution in [3.05, 3.63) is 35.9 Å². The molecule has 3 rings (SSSR count). The van der Waals surface area contributed by atoms with Crippen molar-refractivity contribution >= 4 is 22.7 Å². The molecule has 0 bridgehead atoms. The van der Waals surface area contributed by atoms with Crippen molar-refractivity contribution in [1.82, 2.24) is 0 Å². The predicted molar refractivity (Wildman–Crippen MR) is 96.5 cm³/mol. The number of aromatic hydroxyl groups is 1. The summed E-state index contributed by atoms with van der Waals surface area (Å²) in [5.74, 6) is -2.51. The van der Waals surface area contributed by atoms with Gasteiger partial charge in [-0.05, 0) is 6.07 Å². The number of carboxylic acid groups (broad SMARTS) is 1. The first-order valence-electron chi connectivity index (χ1n) is 8.68. The number of hydrogen-bond acceptors (Lipinski definition) is 9. The van der Waals surface area contributed by atoms with Gasteiger partial charge in [0.2, 0.25) is 6.29 Å². The van der Waals surface area contributed by atoms with Crippen molar-refractivity contribution in [2.24, 2.45) is 0 Å². The minimum Gasteiger partial charge on any atom is -0.506 e. The molecule has 1 saturated heterocycles. The molecule has 0 spiro atoms. The van der Waals surface area contributed by atoms with E-state index in [2.05, 4.69) is 0 Å². The number of aliphatic hydroxyl groups is 3. The minimum atomic E-state index is -1.68. The maximum Gasteiger partial charge on any atom is 0.339 e. The van der Waals surface area contributed by atoms with Crippen LogP contribution in [-0.4, -0.2) is 74.8 Å². The van der Waals surface area contributed by atoms with Crippen LogP contribution in [-0.2, 0) is 14.3 Å². The van der Waals surface area contributed by atoms with Gasteiger partial charge in [-0.3, -0.25) is 4.79 Å². The van der Waals surface area contributed by atoms with Gasteiger partial charge in [-0.1, -0.05) is 24.3 Å². The van der Waals surface area contributed by atoms with Gasteiger partial charge >= 0.3 is 11.9 Å². The maximum atomic E-state index is 11.5. The summed E-state index contributed by atoms with van der Waals surface area (Å²) in [7, 11) is 0. The quantitative estimate of drug-likeness (QED) is 0.425. The van der Waals surface area contributed by atoms with Gasteiger partial charge in [0.1, 0.15) is 48.1 Å². The number of aromatic carboxylic acids is 1. The summed E-state index contributed by atoms with van der Waals surface area (Å²) in [5, 5.41) is 50.4. The number of carbonyl (C=O) groups is 2. The van der Waals surface area contributed by atoms with E-state index in [4.69, 9.17) is 14.2 Å². The summed E-state index contributed by atoms with van der Waals surface area (Å²) in [6, 6.07) is 7.35. The highest BCUT2D eigenvalue weighted by Crippen LogP contribution is 2.37. The molecule has 5 atom stereocenters. The molecule has 10 nitrogen and oxygen atoms in total. The topological polar surface area (TPSA) is 163 Å². The SMILES string of the molecule is CC(=O)OC[C@H]1O[C@@H](Oc2cc(C(=O)O)c(O)c3ccccc23)[C@H](O)[C@@H](O)[C@@H]1O. The van der Waals surface area contributed by atoms with Crippen LogP contribution in [0.3, 0.4) is 0 Å². The number of fused-ring (bicyclic) bond motifs is 1. The largest absolute Gasteiger partial charge is 0.506 e. The number of aliphatic hydroxyl groups excluding tert-OH is 3. The van der Waals surface area contributed by atoms with Crippen LogP contribution in [0.15, 0.2) is 30.3 Å². The zero-order valence-electron chi connectivity index (χ0n) is 15.3. The van der Waals surface area contributed by atoms with E-state index in [-0.39, 0.29) is 11.1 Å². The fourth-order valence-corrected chi connectivity index (χ4v) is 3.06. The van der Waals surface area contributed by atoms with Gasteiger partial charge in [-0.25, -0.2) is 4.79 Å². The van der Waals surface area contributed by atoms with Crippen molar-refractivity contribution in [1.29, 1.82) is 0 Å². The van der Waals surface area contributed by atoms with E-state index < -0.39 is 60.6 Å². The molecule has 0 unspecified atom stereocenters. The lowest BCUT2D eigenvalue weighted by atomic mass is 9.99. The second-order valence-corrected chi connectivity index (χ2v) is 6.56. The first-order chi connectivity index (χ1) is 13.7. The van der Waals surface area contributed by atoms with Gasteiger partial charge in [0.05, 0.1) is 0 Å². The molecule has 0 aromatic heterocycles. The van der Waals surface area contributed by atoms with Crippen molar-refractivity contribution in [3.8, 4) is 11.5 Å². The fourth-order valence-electron chi connectivity index (χ4n) is 3.06. The van der Waals surface area contributed by atoms with Crippen LogP contribution < -0.4 is 4.74 Å². The van der Waals surface area contributed by atoms with Crippen LogP contribution >= 0.6 is 0 Å². The molecule has 2 aromatic rings. The highest BCUT2D eigenvalue weighted by Gasteiger charge is 2.45. The highest BCUT2D eigenvalue weighted by molar-refractivity contribution is 6.03. The second kappa shape index (κ2) is 8.21. The summed E-state index contributed by atoms with van der Waals surface area (Å²) >= 11 is 0. The van der Waals surface area contributed by atoms with E-state index in [1.807, 2.05) is 0 Å². The molecule has 5 N–H and O–H groups in total. The predicted octanol–water partition coefficient (Wildman–Crippen LogP) is -0.00690. The van der Waals surface area contributed by atoms with Crippen molar-refractivity contribution in [3.63, 3.8) is 0 Å². The van der Waals surface area contributed by atoms with Gasteiger partial charge in [-0.15, -0.1) is 0 Å². The lowest BCUT2D eigenvalue weighted by molar-refractivity contribution is -0.278. The Morgan fingerprint density at radius 3 is 2.34 bits per heavy atom. The van der Waals surface area contributed by atoms with Gasteiger partial charge in [0.15, 0.2) is 0 Å². The second-order valence-electron chi connectivity index (χ2n) is 6.56. The Balaban J connectivity index is 1.95. The summed E-state index contributed by atoms with van der Waals surface area (Å²) in [6.07, 6.45) is -7.60. The fraction of sp³-hybridized carbons (Fsp3) is 0.368. The third-order valence-electron chi connectivity index (χ3n) is 4.57. The molecule has 0 radical (unpaired) electrons. The number of esters is 1. The Hall–Kier alpha value is -2.92. The highest BCUT2D eigenvalue weighted by atomic mass is 16.7. The van der Waals surface area contributed by atoms with Gasteiger partial charge < -0.3 is 39.7 Å². The van der Waals surface area contributed by atoms with Crippen molar-refractivity contribution < 1.29 is 49.3 Å². The standard InChI is InChI=1S/C19H20O10/c1-8(20)27-7-13-15(22)16(23)17(24)19(29-13)28-12-6-11(18(25)26)14(21)10-5-3-2-4-9(10)12/h2-6,13,15-17,19,21-24H,7H2,1H3,(H,25,26)/t13-,15-,16+,17-,19-/m1/s1. The molecular formula is C19H20O10. The average molecular weight is 408 g/mol. The third kappa shape index (κ3) is 4.10. The van der Waals surface area contributed by atoms with Gasteiger partial charge in [0.25, 0.3) is 0 Å². The van der Waals surface area contributed by atoms with E-state index >= 15 is 0 Å². The molecule has 0 aliphatic carbocycles. The van der Waals surface area contributed by atoms with Crippen LogP contribution in [0, 0.1) is 0 Å². The van der Waals surface area contributed by atoms with Crippen LogP contribution in [0.1, 0.15) is 17.3 Å². The molecule has 0 amide bonds. The van der Waals surface area contributed by atoms with Crippen molar-refractivity contribution in [2.75, 3.05) is 6.61 Å². The molecule has 1 aliphatic rings. The van der Waals surface area contributed by atoms with Crippen LogP contribution in [0.2, 0.25) is 0 Å².